The van der Waals surface area contributed by atoms with Crippen molar-refractivity contribution in [3.63, 3.8) is 0 Å². The zero-order valence-corrected chi connectivity index (χ0v) is 24.6. The van der Waals surface area contributed by atoms with Gasteiger partial charge in [-0.1, -0.05) is 47.0 Å². The Labute approximate surface area is 242 Å². The number of rotatable bonds is 7. The van der Waals surface area contributed by atoms with E-state index in [2.05, 4.69) is 0 Å². The molecular weight excluding hydrogens is 672 g/mol. The number of carbonyl (C=O) groups excluding carboxylic acids is 2. The maximum atomic E-state index is 13.0. The van der Waals surface area contributed by atoms with Crippen LogP contribution in [0.3, 0.4) is 0 Å². The molecule has 1 saturated heterocycles. The lowest BCUT2D eigenvalue weighted by molar-refractivity contribution is -0.123. The first kappa shape index (κ1) is 27.8. The number of halogens is 3. The van der Waals surface area contributed by atoms with Crippen molar-refractivity contribution in [2.45, 2.75) is 18.4 Å². The van der Waals surface area contributed by atoms with Gasteiger partial charge in [0.05, 0.1) is 22.1 Å². The lowest BCUT2D eigenvalue weighted by Crippen LogP contribution is -2.27. The Hall–Kier alpha value is -2.25. The van der Waals surface area contributed by atoms with Crippen molar-refractivity contribution < 1.29 is 26.9 Å². The summed E-state index contributed by atoms with van der Waals surface area (Å²) >= 11 is 15.1. The molecule has 1 fully saturated rings. The van der Waals surface area contributed by atoms with E-state index < -0.39 is 21.3 Å². The van der Waals surface area contributed by atoms with Crippen LogP contribution in [-0.2, 0) is 21.5 Å². The van der Waals surface area contributed by atoms with Gasteiger partial charge in [-0.3, -0.25) is 14.5 Å². The van der Waals surface area contributed by atoms with Gasteiger partial charge in [0, 0.05) is 15.6 Å². The third-order valence-electron chi connectivity index (χ3n) is 5.30. The van der Waals surface area contributed by atoms with Crippen LogP contribution >= 0.6 is 57.6 Å². The van der Waals surface area contributed by atoms with Gasteiger partial charge < -0.3 is 8.92 Å². The van der Waals surface area contributed by atoms with Crippen molar-refractivity contribution in [1.82, 2.24) is 4.90 Å². The topological polar surface area (TPSA) is 90.0 Å². The standard InChI is InChI=1S/C25H18Cl2INO6S2/c1-14-6-8-16(9-7-14)37(32,33)35-23-20(28)10-15(11-21(23)34-2)12-22-24(30)29(25(31)36-22)13-17-18(26)4-3-5-19(17)27/h3-12H,13H2,1-2H3/b22-12-. The highest BCUT2D eigenvalue weighted by Gasteiger charge is 2.36. The Morgan fingerprint density at radius 1 is 1.05 bits per heavy atom. The second kappa shape index (κ2) is 11.2. The molecule has 0 aromatic heterocycles. The third-order valence-corrected chi connectivity index (χ3v) is 8.96. The Morgan fingerprint density at radius 3 is 2.32 bits per heavy atom. The predicted octanol–water partition coefficient (Wildman–Crippen LogP) is 6.92. The van der Waals surface area contributed by atoms with E-state index in [0.29, 0.717) is 24.7 Å². The Morgan fingerprint density at radius 2 is 1.70 bits per heavy atom. The van der Waals surface area contributed by atoms with E-state index in [1.165, 1.54) is 31.4 Å². The van der Waals surface area contributed by atoms with Crippen LogP contribution in [0.15, 0.2) is 64.4 Å². The second-order valence-electron chi connectivity index (χ2n) is 7.85. The number of aryl methyl sites for hydroxylation is 1. The number of hydrogen-bond donors (Lipinski definition) is 0. The fourth-order valence-electron chi connectivity index (χ4n) is 3.40. The zero-order chi connectivity index (χ0) is 26.9. The van der Waals surface area contributed by atoms with Crippen LogP contribution in [0.5, 0.6) is 11.5 Å². The Kier molecular flexibility index (Phi) is 8.44. The van der Waals surface area contributed by atoms with Crippen LogP contribution in [-0.4, -0.2) is 31.6 Å². The molecule has 12 heteroatoms. The third kappa shape index (κ3) is 6.09. The summed E-state index contributed by atoms with van der Waals surface area (Å²) in [6.07, 6.45) is 1.53. The molecule has 1 aliphatic heterocycles. The second-order valence-corrected chi connectivity index (χ2v) is 12.4. The highest BCUT2D eigenvalue weighted by Crippen LogP contribution is 2.39. The molecule has 0 N–H and O–H groups in total. The predicted molar refractivity (Wildman–Crippen MR) is 153 cm³/mol. The van der Waals surface area contributed by atoms with E-state index in [1.807, 2.05) is 29.5 Å². The van der Waals surface area contributed by atoms with E-state index in [4.69, 9.17) is 32.1 Å². The average molecular weight is 690 g/mol. The molecule has 0 aliphatic carbocycles. The van der Waals surface area contributed by atoms with Crippen molar-refractivity contribution in [3.05, 3.63) is 89.8 Å². The molecule has 3 aromatic carbocycles. The molecule has 0 radical (unpaired) electrons. The van der Waals surface area contributed by atoms with E-state index >= 15 is 0 Å². The van der Waals surface area contributed by atoms with Crippen LogP contribution in [0, 0.1) is 10.5 Å². The van der Waals surface area contributed by atoms with Crippen molar-refractivity contribution in [2.24, 2.45) is 0 Å². The Bertz CT molecular complexity index is 1520. The highest BCUT2D eigenvalue weighted by molar-refractivity contribution is 14.1. The smallest absolute Gasteiger partial charge is 0.339 e. The fraction of sp³-hybridized carbons (Fsp3) is 0.120. The van der Waals surface area contributed by atoms with E-state index in [9.17, 15) is 18.0 Å². The summed E-state index contributed by atoms with van der Waals surface area (Å²) < 4.78 is 36.8. The summed E-state index contributed by atoms with van der Waals surface area (Å²) in [5.41, 5.74) is 1.90. The molecule has 4 rings (SSSR count). The van der Waals surface area contributed by atoms with Gasteiger partial charge in [0.25, 0.3) is 11.1 Å². The van der Waals surface area contributed by atoms with Gasteiger partial charge in [0.1, 0.15) is 4.90 Å². The fourth-order valence-corrected chi connectivity index (χ4v) is 6.59. The molecule has 192 valence electrons. The minimum atomic E-state index is -4.11. The summed E-state index contributed by atoms with van der Waals surface area (Å²) in [6.45, 7) is 1.79. The molecule has 37 heavy (non-hydrogen) atoms. The molecule has 0 saturated carbocycles. The van der Waals surface area contributed by atoms with Crippen LogP contribution in [0.4, 0.5) is 4.79 Å². The van der Waals surface area contributed by atoms with E-state index in [1.54, 1.807) is 36.4 Å². The zero-order valence-electron chi connectivity index (χ0n) is 19.3. The minimum Gasteiger partial charge on any atom is -0.493 e. The quantitative estimate of drug-likeness (QED) is 0.151. The molecule has 3 aromatic rings. The maximum Gasteiger partial charge on any atom is 0.339 e. The van der Waals surface area contributed by atoms with Crippen molar-refractivity contribution in [1.29, 1.82) is 0 Å². The monoisotopic (exact) mass is 689 g/mol. The van der Waals surface area contributed by atoms with Gasteiger partial charge in [0.15, 0.2) is 11.5 Å². The number of imide groups is 1. The number of benzene rings is 3. The number of nitrogens with zero attached hydrogens (tertiary/aromatic N) is 1. The van der Waals surface area contributed by atoms with Crippen LogP contribution < -0.4 is 8.92 Å². The van der Waals surface area contributed by atoms with Crippen molar-refractivity contribution >= 4 is 84.9 Å². The molecular formula is C25H18Cl2INO6S2. The molecule has 2 amide bonds. The molecule has 1 heterocycles. The summed E-state index contributed by atoms with van der Waals surface area (Å²) in [7, 11) is -2.74. The SMILES string of the molecule is COc1cc(/C=C2\SC(=O)N(Cc3c(Cl)cccc3Cl)C2=O)cc(I)c1OS(=O)(=O)c1ccc(C)cc1. The molecule has 0 unspecified atom stereocenters. The first-order valence-corrected chi connectivity index (χ1v) is 14.6. The van der Waals surface area contributed by atoms with E-state index in [-0.39, 0.29) is 27.8 Å². The molecule has 0 bridgehead atoms. The molecule has 7 nitrogen and oxygen atoms in total. The van der Waals surface area contributed by atoms with Crippen LogP contribution in [0.2, 0.25) is 10.0 Å². The lowest BCUT2D eigenvalue weighted by Gasteiger charge is -2.15. The number of carbonyl (C=O) groups is 2. The van der Waals surface area contributed by atoms with Crippen LogP contribution in [0.1, 0.15) is 16.7 Å². The minimum absolute atomic E-state index is 0.00678. The van der Waals surface area contributed by atoms with Crippen molar-refractivity contribution in [3.8, 4) is 11.5 Å². The van der Waals surface area contributed by atoms with Gasteiger partial charge in [0.2, 0.25) is 0 Å². The largest absolute Gasteiger partial charge is 0.493 e. The molecule has 1 aliphatic rings. The number of methoxy groups -OCH3 is 1. The van der Waals surface area contributed by atoms with Gasteiger partial charge in [-0.2, -0.15) is 8.42 Å². The first-order valence-electron chi connectivity index (χ1n) is 10.6. The lowest BCUT2D eigenvalue weighted by atomic mass is 10.1. The summed E-state index contributed by atoms with van der Waals surface area (Å²) in [6, 6.07) is 14.4. The summed E-state index contributed by atoms with van der Waals surface area (Å²) in [4.78, 5) is 26.9. The highest BCUT2D eigenvalue weighted by atomic mass is 127. The summed E-state index contributed by atoms with van der Waals surface area (Å²) in [5, 5.41) is 0.245. The molecule has 0 atom stereocenters. The number of ether oxygens (including phenoxy) is 1. The summed E-state index contributed by atoms with van der Waals surface area (Å²) in [5.74, 6) is -0.333. The Balaban J connectivity index is 1.61. The number of hydrogen-bond acceptors (Lipinski definition) is 7. The van der Waals surface area contributed by atoms with Crippen LogP contribution in [0.25, 0.3) is 6.08 Å². The van der Waals surface area contributed by atoms with Crippen molar-refractivity contribution in [2.75, 3.05) is 7.11 Å². The van der Waals surface area contributed by atoms with Gasteiger partial charge in [-0.05, 0) is 89.3 Å². The number of amides is 2. The molecule has 0 spiro atoms. The number of thioether (sulfide) groups is 1. The first-order chi connectivity index (χ1) is 17.5. The maximum absolute atomic E-state index is 13.0. The van der Waals surface area contributed by atoms with Gasteiger partial charge in [-0.25, -0.2) is 0 Å². The van der Waals surface area contributed by atoms with Gasteiger partial charge in [-0.15, -0.1) is 0 Å². The van der Waals surface area contributed by atoms with E-state index in [0.717, 1.165) is 22.2 Å². The average Bonchev–Trinajstić information content (AvgIpc) is 3.10. The normalized spacial score (nSPS) is 14.9. The van der Waals surface area contributed by atoms with Gasteiger partial charge >= 0.3 is 10.1 Å².